The van der Waals surface area contributed by atoms with Gasteiger partial charge in [-0.2, -0.15) is 0 Å². The maximum atomic E-state index is 11.8. The smallest absolute Gasteiger partial charge is 0.224 e. The van der Waals surface area contributed by atoms with E-state index in [1.54, 1.807) is 7.11 Å². The summed E-state index contributed by atoms with van der Waals surface area (Å²) in [6.45, 7) is 6.48. The predicted molar refractivity (Wildman–Crippen MR) is 74.6 cm³/mol. The summed E-state index contributed by atoms with van der Waals surface area (Å²) in [4.78, 5) is 11.8. The van der Waals surface area contributed by atoms with Gasteiger partial charge in [0.2, 0.25) is 5.91 Å². The van der Waals surface area contributed by atoms with Gasteiger partial charge in [-0.05, 0) is 37.0 Å². The highest BCUT2D eigenvalue weighted by Crippen LogP contribution is 2.22. The monoisotopic (exact) mass is 250 g/mol. The average Bonchev–Trinajstić information content (AvgIpc) is 2.26. The third-order valence-corrected chi connectivity index (χ3v) is 2.87. The molecule has 3 N–H and O–H groups in total. The summed E-state index contributed by atoms with van der Waals surface area (Å²) in [6, 6.07) is 3.78. The maximum absolute atomic E-state index is 11.8. The quantitative estimate of drug-likeness (QED) is 0.789. The Labute approximate surface area is 109 Å². The van der Waals surface area contributed by atoms with Gasteiger partial charge >= 0.3 is 0 Å². The highest BCUT2D eigenvalue weighted by Gasteiger charge is 2.11. The average molecular weight is 250 g/mol. The minimum atomic E-state index is -0.00842. The van der Waals surface area contributed by atoms with Gasteiger partial charge in [-0.15, -0.1) is 0 Å². The fourth-order valence-corrected chi connectivity index (χ4v) is 1.86. The molecule has 18 heavy (non-hydrogen) atoms. The van der Waals surface area contributed by atoms with Crippen molar-refractivity contribution in [2.75, 3.05) is 24.8 Å². The first-order valence-electron chi connectivity index (χ1n) is 6.09. The molecule has 1 aromatic carbocycles. The minimum Gasteiger partial charge on any atom is -0.398 e. The normalized spacial score (nSPS) is 12.2. The topological polar surface area (TPSA) is 64.3 Å². The molecule has 1 rings (SSSR count). The fourth-order valence-electron chi connectivity index (χ4n) is 1.86. The first-order chi connectivity index (χ1) is 8.43. The van der Waals surface area contributed by atoms with Crippen LogP contribution in [0, 0.1) is 19.8 Å². The summed E-state index contributed by atoms with van der Waals surface area (Å²) < 4.78 is 5.01. The van der Waals surface area contributed by atoms with Crippen LogP contribution in [0.5, 0.6) is 0 Å². The van der Waals surface area contributed by atoms with E-state index >= 15 is 0 Å². The van der Waals surface area contributed by atoms with Gasteiger partial charge in [-0.25, -0.2) is 0 Å². The molecule has 100 valence electrons. The van der Waals surface area contributed by atoms with Crippen molar-refractivity contribution in [1.29, 1.82) is 0 Å². The predicted octanol–water partition coefficient (Wildman–Crippen LogP) is 2.50. The number of nitrogens with one attached hydrogen (secondary N) is 1. The Morgan fingerprint density at radius 2 is 2.06 bits per heavy atom. The second-order valence-electron chi connectivity index (χ2n) is 4.84. The lowest BCUT2D eigenvalue weighted by atomic mass is 10.1. The highest BCUT2D eigenvalue weighted by atomic mass is 16.5. The highest BCUT2D eigenvalue weighted by molar-refractivity contribution is 5.92. The van der Waals surface area contributed by atoms with Crippen molar-refractivity contribution in [1.82, 2.24) is 0 Å². The van der Waals surface area contributed by atoms with Crippen molar-refractivity contribution in [2.45, 2.75) is 27.2 Å². The van der Waals surface area contributed by atoms with Gasteiger partial charge in [0.1, 0.15) is 0 Å². The molecule has 4 heteroatoms. The van der Waals surface area contributed by atoms with Crippen molar-refractivity contribution < 1.29 is 9.53 Å². The second kappa shape index (κ2) is 6.40. The second-order valence-corrected chi connectivity index (χ2v) is 4.84. The Morgan fingerprint density at radius 3 is 2.67 bits per heavy atom. The maximum Gasteiger partial charge on any atom is 0.224 e. The number of methoxy groups -OCH3 is 1. The summed E-state index contributed by atoms with van der Waals surface area (Å²) in [5.41, 5.74) is 9.37. The number of hydrogen-bond acceptors (Lipinski definition) is 3. The molecule has 4 nitrogen and oxygen atoms in total. The van der Waals surface area contributed by atoms with E-state index in [4.69, 9.17) is 10.5 Å². The van der Waals surface area contributed by atoms with E-state index in [1.807, 2.05) is 32.9 Å². The number of anilines is 2. The molecule has 1 amide bonds. The van der Waals surface area contributed by atoms with Crippen LogP contribution >= 0.6 is 0 Å². The molecule has 0 aliphatic carbocycles. The number of carbonyl (C=O) groups excluding carboxylic acids is 1. The van der Waals surface area contributed by atoms with Gasteiger partial charge in [0.15, 0.2) is 0 Å². The standard InChI is InChI=1S/C14H22N2O2/c1-9(8-18-4)5-14(17)16-13-7-12(15)10(2)6-11(13)3/h6-7,9H,5,8,15H2,1-4H3,(H,16,17). The number of carbonyl (C=O) groups is 1. The van der Waals surface area contributed by atoms with Crippen LogP contribution in [0.4, 0.5) is 11.4 Å². The Hall–Kier alpha value is -1.55. The Balaban J connectivity index is 2.67. The first kappa shape index (κ1) is 14.5. The van der Waals surface area contributed by atoms with Crippen molar-refractivity contribution in [3.05, 3.63) is 23.3 Å². The number of nitrogens with two attached hydrogens (primary N) is 1. The largest absolute Gasteiger partial charge is 0.398 e. The molecular weight excluding hydrogens is 228 g/mol. The van der Waals surface area contributed by atoms with Crippen molar-refractivity contribution in [3.63, 3.8) is 0 Å². The van der Waals surface area contributed by atoms with Gasteiger partial charge in [-0.3, -0.25) is 4.79 Å². The summed E-state index contributed by atoms with van der Waals surface area (Å²) in [6.07, 6.45) is 0.445. The number of nitrogen functional groups attached to an aromatic ring is 1. The van der Waals surface area contributed by atoms with Crippen LogP contribution in [0.2, 0.25) is 0 Å². The summed E-state index contributed by atoms with van der Waals surface area (Å²) >= 11 is 0. The molecule has 0 saturated carbocycles. The lowest BCUT2D eigenvalue weighted by Crippen LogP contribution is -2.18. The van der Waals surface area contributed by atoms with Crippen LogP contribution in [0.15, 0.2) is 12.1 Å². The number of aryl methyl sites for hydroxylation is 2. The van der Waals surface area contributed by atoms with Gasteiger partial charge in [0, 0.05) is 31.5 Å². The molecule has 0 saturated heterocycles. The van der Waals surface area contributed by atoms with E-state index < -0.39 is 0 Å². The van der Waals surface area contributed by atoms with Crippen molar-refractivity contribution in [2.24, 2.45) is 5.92 Å². The van der Waals surface area contributed by atoms with E-state index in [0.29, 0.717) is 18.7 Å². The molecule has 0 bridgehead atoms. The Bertz CT molecular complexity index is 430. The molecule has 0 heterocycles. The van der Waals surface area contributed by atoms with Crippen LogP contribution in [0.3, 0.4) is 0 Å². The zero-order valence-electron chi connectivity index (χ0n) is 11.5. The summed E-state index contributed by atoms with van der Waals surface area (Å²) in [7, 11) is 1.64. The molecule has 0 radical (unpaired) electrons. The van der Waals surface area contributed by atoms with E-state index in [2.05, 4.69) is 5.32 Å². The molecule has 0 aromatic heterocycles. The molecular formula is C14H22N2O2. The number of benzene rings is 1. The Kier molecular flexibility index (Phi) is 5.16. The number of hydrogen-bond donors (Lipinski definition) is 2. The number of amides is 1. The summed E-state index contributed by atoms with van der Waals surface area (Å²) in [5, 5.41) is 2.89. The molecule has 0 aliphatic rings. The zero-order chi connectivity index (χ0) is 13.7. The van der Waals surface area contributed by atoms with Gasteiger partial charge in [0.25, 0.3) is 0 Å². The van der Waals surface area contributed by atoms with E-state index in [1.165, 1.54) is 0 Å². The fraction of sp³-hybridized carbons (Fsp3) is 0.500. The molecule has 0 fully saturated rings. The van der Waals surface area contributed by atoms with Crippen LogP contribution < -0.4 is 11.1 Å². The number of rotatable bonds is 5. The van der Waals surface area contributed by atoms with Crippen LogP contribution in [0.1, 0.15) is 24.5 Å². The van der Waals surface area contributed by atoms with Crippen molar-refractivity contribution >= 4 is 17.3 Å². The molecule has 0 aliphatic heterocycles. The van der Waals surface area contributed by atoms with Crippen LogP contribution in [0.25, 0.3) is 0 Å². The third-order valence-electron chi connectivity index (χ3n) is 2.87. The lowest BCUT2D eigenvalue weighted by Gasteiger charge is -2.13. The molecule has 0 spiro atoms. The van der Waals surface area contributed by atoms with Gasteiger partial charge in [-0.1, -0.05) is 13.0 Å². The SMILES string of the molecule is COCC(C)CC(=O)Nc1cc(N)c(C)cc1C. The van der Waals surface area contributed by atoms with Crippen molar-refractivity contribution in [3.8, 4) is 0 Å². The molecule has 1 aromatic rings. The Morgan fingerprint density at radius 1 is 1.39 bits per heavy atom. The number of ether oxygens (including phenoxy) is 1. The molecule has 1 unspecified atom stereocenters. The third kappa shape index (κ3) is 4.04. The van der Waals surface area contributed by atoms with Gasteiger partial charge in [0.05, 0.1) is 0 Å². The molecule has 1 atom stereocenters. The zero-order valence-corrected chi connectivity index (χ0v) is 11.5. The first-order valence-corrected chi connectivity index (χ1v) is 6.09. The van der Waals surface area contributed by atoms with E-state index in [9.17, 15) is 4.79 Å². The van der Waals surface area contributed by atoms with E-state index in [-0.39, 0.29) is 11.8 Å². The summed E-state index contributed by atoms with van der Waals surface area (Å²) in [5.74, 6) is 0.198. The van der Waals surface area contributed by atoms with Crippen LogP contribution in [-0.4, -0.2) is 19.6 Å². The lowest BCUT2D eigenvalue weighted by molar-refractivity contribution is -0.117. The van der Waals surface area contributed by atoms with E-state index in [0.717, 1.165) is 16.8 Å². The van der Waals surface area contributed by atoms with Crippen LogP contribution in [-0.2, 0) is 9.53 Å². The van der Waals surface area contributed by atoms with Gasteiger partial charge < -0.3 is 15.8 Å². The minimum absolute atomic E-state index is 0.00842.